The number of benzene rings is 1. The number of amidine groups is 1. The molecule has 1 fully saturated rings. The van der Waals surface area contributed by atoms with Crippen molar-refractivity contribution in [2.45, 2.75) is 57.7 Å². The third-order valence-electron chi connectivity index (χ3n) is 5.75. The Hall–Kier alpha value is -2.83. The lowest BCUT2D eigenvalue weighted by Crippen LogP contribution is -2.64. The monoisotopic (exact) mass is 396 g/mol. The number of ether oxygens (including phenoxy) is 1. The molecule has 0 spiro atoms. The second-order valence-corrected chi connectivity index (χ2v) is 7.79. The van der Waals surface area contributed by atoms with Crippen LogP contribution >= 0.6 is 0 Å². The molecule has 0 aromatic heterocycles. The van der Waals surface area contributed by atoms with E-state index in [4.69, 9.17) is 4.74 Å². The molecular weight excluding hydrogens is 368 g/mol. The van der Waals surface area contributed by atoms with Crippen LogP contribution in [-0.2, 0) is 9.53 Å². The second kappa shape index (κ2) is 8.27. The van der Waals surface area contributed by atoms with Gasteiger partial charge in [0.15, 0.2) is 18.0 Å². The highest BCUT2D eigenvalue weighted by molar-refractivity contribution is 6.04. The van der Waals surface area contributed by atoms with Crippen LogP contribution in [0.2, 0.25) is 0 Å². The zero-order valence-electron chi connectivity index (χ0n) is 17.1. The zero-order valence-corrected chi connectivity index (χ0v) is 17.1. The Labute approximate surface area is 171 Å². The molecule has 7 heteroatoms. The van der Waals surface area contributed by atoms with E-state index in [2.05, 4.69) is 11.9 Å². The standard InChI is InChI=1S/C22H28N4O3/c1-3-4-5-6-7-11-14-25-20(27)18-19(24(2)22(25)28)23-21-26(18)15-17(29-21)16-12-9-8-10-13-16/h8-10,12-13,15,18-19H,3-7,11,14H2,1-2H3. The van der Waals surface area contributed by atoms with Crippen molar-refractivity contribution in [2.75, 3.05) is 13.6 Å². The molecule has 0 N–H and O–H groups in total. The summed E-state index contributed by atoms with van der Waals surface area (Å²) in [7, 11) is 1.70. The van der Waals surface area contributed by atoms with E-state index in [0.717, 1.165) is 24.8 Å². The number of hydrogen-bond acceptors (Lipinski definition) is 5. The number of aliphatic imine (C=N–C) groups is 1. The topological polar surface area (TPSA) is 65.5 Å². The van der Waals surface area contributed by atoms with Crippen molar-refractivity contribution >= 4 is 23.7 Å². The van der Waals surface area contributed by atoms with Crippen LogP contribution in [-0.4, -0.2) is 58.5 Å². The van der Waals surface area contributed by atoms with E-state index in [1.165, 1.54) is 24.2 Å². The minimum absolute atomic E-state index is 0.195. The lowest BCUT2D eigenvalue weighted by molar-refractivity contribution is -0.136. The van der Waals surface area contributed by atoms with Crippen LogP contribution in [0.15, 0.2) is 41.5 Å². The van der Waals surface area contributed by atoms with E-state index in [1.807, 2.05) is 36.5 Å². The summed E-state index contributed by atoms with van der Waals surface area (Å²) in [6, 6.07) is 9.27. The molecule has 3 aliphatic heterocycles. The summed E-state index contributed by atoms with van der Waals surface area (Å²) in [4.78, 5) is 35.2. The molecule has 0 aliphatic carbocycles. The van der Waals surface area contributed by atoms with Crippen LogP contribution in [0.4, 0.5) is 4.79 Å². The Kier molecular flexibility index (Phi) is 5.56. The maximum absolute atomic E-state index is 13.2. The quantitative estimate of drug-likeness (QED) is 0.630. The van der Waals surface area contributed by atoms with Crippen LogP contribution < -0.4 is 0 Å². The molecule has 3 heterocycles. The van der Waals surface area contributed by atoms with Crippen LogP contribution in [0.25, 0.3) is 5.76 Å². The van der Waals surface area contributed by atoms with Gasteiger partial charge in [-0.2, -0.15) is 0 Å². The number of urea groups is 1. The Bertz CT molecular complexity index is 836. The lowest BCUT2D eigenvalue weighted by atomic mass is 10.1. The summed E-state index contributed by atoms with van der Waals surface area (Å²) in [6.45, 7) is 2.64. The van der Waals surface area contributed by atoms with E-state index in [1.54, 1.807) is 16.8 Å². The SMILES string of the molecule is CCCCCCCCN1C(=O)C2C(N=C3OC(c4ccccc4)=CN32)N(C)C1=O. The van der Waals surface area contributed by atoms with Crippen molar-refractivity contribution in [1.82, 2.24) is 14.7 Å². The predicted molar refractivity (Wildman–Crippen MR) is 111 cm³/mol. The van der Waals surface area contributed by atoms with Crippen molar-refractivity contribution < 1.29 is 14.3 Å². The van der Waals surface area contributed by atoms with Gasteiger partial charge in [0.1, 0.15) is 0 Å². The summed E-state index contributed by atoms with van der Waals surface area (Å²) < 4.78 is 5.89. The maximum Gasteiger partial charge on any atom is 0.328 e. The van der Waals surface area contributed by atoms with Crippen molar-refractivity contribution in [3.8, 4) is 0 Å². The van der Waals surface area contributed by atoms with E-state index >= 15 is 0 Å². The Morgan fingerprint density at radius 2 is 1.76 bits per heavy atom. The van der Waals surface area contributed by atoms with E-state index in [0.29, 0.717) is 18.3 Å². The molecule has 1 aromatic rings. The van der Waals surface area contributed by atoms with Crippen molar-refractivity contribution in [3.63, 3.8) is 0 Å². The summed E-state index contributed by atoms with van der Waals surface area (Å²) >= 11 is 0. The van der Waals surface area contributed by atoms with Crippen molar-refractivity contribution in [1.29, 1.82) is 0 Å². The number of likely N-dealkylation sites (N-methyl/N-ethyl adjacent to an activating group) is 1. The molecule has 0 bridgehead atoms. The second-order valence-electron chi connectivity index (χ2n) is 7.79. The van der Waals surface area contributed by atoms with Gasteiger partial charge in [0.05, 0.1) is 6.20 Å². The first kappa shape index (κ1) is 19.5. The molecule has 154 valence electrons. The molecule has 1 saturated heterocycles. The molecule has 3 aliphatic rings. The molecule has 3 amide bonds. The Balaban J connectivity index is 1.45. The zero-order chi connectivity index (χ0) is 20.4. The molecule has 29 heavy (non-hydrogen) atoms. The first-order valence-corrected chi connectivity index (χ1v) is 10.5. The van der Waals surface area contributed by atoms with Gasteiger partial charge in [-0.15, -0.1) is 0 Å². The molecule has 7 nitrogen and oxygen atoms in total. The normalized spacial score (nSPS) is 23.0. The van der Waals surface area contributed by atoms with Gasteiger partial charge in [-0.05, 0) is 6.42 Å². The summed E-state index contributed by atoms with van der Waals surface area (Å²) in [5.41, 5.74) is 0.928. The molecular formula is C22H28N4O3. The summed E-state index contributed by atoms with van der Waals surface area (Å²) in [6.07, 6.45) is 7.93. The van der Waals surface area contributed by atoms with E-state index in [-0.39, 0.29) is 11.9 Å². The highest BCUT2D eigenvalue weighted by atomic mass is 16.5. The Morgan fingerprint density at radius 3 is 2.52 bits per heavy atom. The minimum Gasteiger partial charge on any atom is -0.423 e. The van der Waals surface area contributed by atoms with Gasteiger partial charge in [0, 0.05) is 19.2 Å². The van der Waals surface area contributed by atoms with Crippen molar-refractivity contribution in [2.24, 2.45) is 4.99 Å². The number of fused-ring (bicyclic) bond motifs is 3. The molecule has 1 aromatic carbocycles. The van der Waals surface area contributed by atoms with Gasteiger partial charge >= 0.3 is 6.03 Å². The van der Waals surface area contributed by atoms with Gasteiger partial charge in [-0.1, -0.05) is 69.4 Å². The minimum atomic E-state index is -0.561. The van der Waals surface area contributed by atoms with Gasteiger partial charge in [0.2, 0.25) is 0 Å². The third kappa shape index (κ3) is 3.61. The first-order valence-electron chi connectivity index (χ1n) is 10.5. The summed E-state index contributed by atoms with van der Waals surface area (Å²) in [5, 5.41) is 0. The van der Waals surface area contributed by atoms with E-state index in [9.17, 15) is 9.59 Å². The van der Waals surface area contributed by atoms with Crippen LogP contribution in [0.1, 0.15) is 51.0 Å². The summed E-state index contributed by atoms with van der Waals surface area (Å²) in [5.74, 6) is 0.470. The Morgan fingerprint density at radius 1 is 1.03 bits per heavy atom. The largest absolute Gasteiger partial charge is 0.423 e. The average molecular weight is 396 g/mol. The van der Waals surface area contributed by atoms with E-state index < -0.39 is 12.2 Å². The van der Waals surface area contributed by atoms with Gasteiger partial charge in [-0.3, -0.25) is 14.6 Å². The molecule has 0 saturated carbocycles. The average Bonchev–Trinajstić information content (AvgIpc) is 3.30. The van der Waals surface area contributed by atoms with Crippen LogP contribution in [0, 0.1) is 0 Å². The highest BCUT2D eigenvalue weighted by Crippen LogP contribution is 2.35. The first-order chi connectivity index (χ1) is 14.1. The molecule has 0 radical (unpaired) electrons. The van der Waals surface area contributed by atoms with Crippen LogP contribution in [0.5, 0.6) is 0 Å². The molecule has 4 rings (SSSR count). The van der Waals surface area contributed by atoms with Crippen LogP contribution in [0.3, 0.4) is 0 Å². The predicted octanol–water partition coefficient (Wildman–Crippen LogP) is 3.64. The highest BCUT2D eigenvalue weighted by Gasteiger charge is 2.53. The fourth-order valence-corrected chi connectivity index (χ4v) is 4.07. The number of imide groups is 1. The van der Waals surface area contributed by atoms with Gasteiger partial charge in [0.25, 0.3) is 11.9 Å². The fourth-order valence-electron chi connectivity index (χ4n) is 4.07. The fraction of sp³-hybridized carbons (Fsp3) is 0.500. The lowest BCUT2D eigenvalue weighted by Gasteiger charge is -2.39. The number of unbranched alkanes of at least 4 members (excludes halogenated alkanes) is 5. The van der Waals surface area contributed by atoms with Gasteiger partial charge < -0.3 is 9.64 Å². The van der Waals surface area contributed by atoms with Gasteiger partial charge in [-0.25, -0.2) is 9.79 Å². The number of carbonyl (C=O) groups excluding carboxylic acids is 2. The number of rotatable bonds is 8. The smallest absolute Gasteiger partial charge is 0.328 e. The number of hydrogen-bond donors (Lipinski definition) is 0. The molecule has 2 unspecified atom stereocenters. The van der Waals surface area contributed by atoms with Crippen molar-refractivity contribution in [3.05, 3.63) is 42.1 Å². The number of amides is 3. The maximum atomic E-state index is 13.2. The number of nitrogens with zero attached hydrogens (tertiary/aromatic N) is 4. The third-order valence-corrected chi connectivity index (χ3v) is 5.75. The molecule has 2 atom stereocenters. The number of carbonyl (C=O) groups is 2.